The Labute approximate surface area is 202 Å². The third-order valence-corrected chi connectivity index (χ3v) is 6.38. The molecule has 1 aromatic rings. The number of benzene rings is 1. The summed E-state index contributed by atoms with van der Waals surface area (Å²) in [6.07, 6.45) is 0.392. The molecule has 1 aliphatic carbocycles. The first-order valence-corrected chi connectivity index (χ1v) is 11.1. The summed E-state index contributed by atoms with van der Waals surface area (Å²) in [6.45, 7) is 3.72. The van der Waals surface area contributed by atoms with Crippen LogP contribution in [0.15, 0.2) is 34.7 Å². The lowest BCUT2D eigenvalue weighted by atomic mass is 9.69. The Morgan fingerprint density at radius 3 is 2.53 bits per heavy atom. The predicted molar refractivity (Wildman–Crippen MR) is 122 cm³/mol. The highest BCUT2D eigenvalue weighted by Gasteiger charge is 2.47. The number of hydrogen-bond donors (Lipinski definition) is 2. The second-order valence-electron chi connectivity index (χ2n) is 8.22. The highest BCUT2D eigenvalue weighted by molar-refractivity contribution is 6.32. The third-order valence-electron chi connectivity index (χ3n) is 6.09. The monoisotopic (exact) mass is 493 g/mol. The number of phenols is 1. The number of ketones is 1. The van der Waals surface area contributed by atoms with E-state index in [0.717, 1.165) is 0 Å². The molecule has 2 N–H and O–H groups in total. The molecule has 9 nitrogen and oxygen atoms in total. The second-order valence-corrected chi connectivity index (χ2v) is 8.62. The SMILES string of the molecule is COCCOC(=O)C1=C(C)NC2=C(C(=O)[C@H](C(=O)OC)[C@@H](C)C2)[C@@H]1c1cc(Cl)c(O)c(OC)c1. The predicted octanol–water partition coefficient (Wildman–Crippen LogP) is 2.86. The molecule has 34 heavy (non-hydrogen) atoms. The number of carbonyl (C=O) groups excluding carboxylic acids is 3. The van der Waals surface area contributed by atoms with Crippen LogP contribution in [0.25, 0.3) is 0 Å². The van der Waals surface area contributed by atoms with E-state index >= 15 is 0 Å². The lowest BCUT2D eigenvalue weighted by molar-refractivity contribution is -0.151. The molecular formula is C24H28ClNO8. The smallest absolute Gasteiger partial charge is 0.336 e. The van der Waals surface area contributed by atoms with Gasteiger partial charge in [-0.05, 0) is 37.0 Å². The number of phenolic OH excluding ortho intramolecular Hbond substituents is 1. The third kappa shape index (κ3) is 4.63. The maximum Gasteiger partial charge on any atom is 0.336 e. The lowest BCUT2D eigenvalue weighted by Gasteiger charge is -2.38. The number of nitrogens with one attached hydrogen (secondary N) is 1. The van der Waals surface area contributed by atoms with Crippen molar-refractivity contribution in [3.63, 3.8) is 0 Å². The van der Waals surface area contributed by atoms with Crippen molar-refractivity contribution in [2.75, 3.05) is 34.5 Å². The molecule has 0 amide bonds. The van der Waals surface area contributed by atoms with Crippen molar-refractivity contribution < 1.29 is 38.4 Å². The van der Waals surface area contributed by atoms with Crippen molar-refractivity contribution in [2.45, 2.75) is 26.2 Å². The van der Waals surface area contributed by atoms with Gasteiger partial charge in [0.1, 0.15) is 12.5 Å². The van der Waals surface area contributed by atoms with Crippen LogP contribution in [0.1, 0.15) is 31.7 Å². The van der Waals surface area contributed by atoms with Crippen LogP contribution in [0.5, 0.6) is 11.5 Å². The first-order valence-electron chi connectivity index (χ1n) is 10.7. The minimum Gasteiger partial charge on any atom is -0.503 e. The van der Waals surface area contributed by atoms with E-state index in [1.807, 2.05) is 0 Å². The number of dihydropyridines is 1. The zero-order chi connectivity index (χ0) is 25.2. The number of ether oxygens (including phenoxy) is 4. The Morgan fingerprint density at radius 1 is 1.21 bits per heavy atom. The van der Waals surface area contributed by atoms with E-state index in [2.05, 4.69) is 5.32 Å². The molecule has 0 radical (unpaired) electrons. The zero-order valence-corrected chi connectivity index (χ0v) is 20.4. The van der Waals surface area contributed by atoms with E-state index in [1.54, 1.807) is 13.8 Å². The number of allylic oxidation sites excluding steroid dienone is 3. The van der Waals surface area contributed by atoms with Crippen LogP contribution in [0, 0.1) is 11.8 Å². The van der Waals surface area contributed by atoms with Gasteiger partial charge in [0.25, 0.3) is 0 Å². The van der Waals surface area contributed by atoms with E-state index in [-0.39, 0.29) is 46.8 Å². The minimum atomic E-state index is -1.02. The molecule has 0 saturated heterocycles. The van der Waals surface area contributed by atoms with Gasteiger partial charge in [-0.25, -0.2) is 4.79 Å². The number of halogens is 1. The fraction of sp³-hybridized carbons (Fsp3) is 0.458. The van der Waals surface area contributed by atoms with Crippen molar-refractivity contribution in [2.24, 2.45) is 11.8 Å². The highest BCUT2D eigenvalue weighted by atomic mass is 35.5. The summed E-state index contributed by atoms with van der Waals surface area (Å²) in [6, 6.07) is 2.98. The van der Waals surface area contributed by atoms with Gasteiger partial charge in [0, 0.05) is 30.0 Å². The first-order chi connectivity index (χ1) is 16.2. The number of esters is 2. The first kappa shape index (κ1) is 25.6. The molecule has 0 fully saturated rings. The van der Waals surface area contributed by atoms with Crippen LogP contribution in [-0.2, 0) is 28.6 Å². The van der Waals surface area contributed by atoms with Crippen LogP contribution in [0.3, 0.4) is 0 Å². The van der Waals surface area contributed by atoms with E-state index < -0.39 is 29.6 Å². The summed E-state index contributed by atoms with van der Waals surface area (Å²) in [4.78, 5) is 39.3. The molecule has 10 heteroatoms. The van der Waals surface area contributed by atoms with Crippen molar-refractivity contribution in [3.05, 3.63) is 45.3 Å². The summed E-state index contributed by atoms with van der Waals surface area (Å²) >= 11 is 6.25. The number of aromatic hydroxyl groups is 1. The van der Waals surface area contributed by atoms with Gasteiger partial charge in [-0.1, -0.05) is 18.5 Å². The van der Waals surface area contributed by atoms with Crippen molar-refractivity contribution in [3.8, 4) is 11.5 Å². The molecule has 3 rings (SSSR count). The standard InChI is InChI=1S/C24H28ClNO8/c1-11-8-15-20(22(28)17(11)23(29)33-5)19(13-9-14(25)21(27)16(10-13)32-4)18(12(2)26-15)24(30)34-7-6-31-3/h9-11,17,19,26-27H,6-8H2,1-5H3/t11-,17+,19+/m0/s1. The summed E-state index contributed by atoms with van der Waals surface area (Å²) in [7, 11) is 4.08. The van der Waals surface area contributed by atoms with Gasteiger partial charge in [0.05, 0.1) is 31.4 Å². The molecule has 1 heterocycles. The molecule has 0 aromatic heterocycles. The number of methoxy groups -OCH3 is 3. The number of hydrogen-bond acceptors (Lipinski definition) is 9. The topological polar surface area (TPSA) is 120 Å². The number of Topliss-reactive ketones (excluding diaryl/α,β-unsaturated/α-hetero) is 1. The largest absolute Gasteiger partial charge is 0.503 e. The van der Waals surface area contributed by atoms with Crippen LogP contribution < -0.4 is 10.1 Å². The normalized spacial score (nSPS) is 22.2. The molecule has 184 valence electrons. The Kier molecular flexibility index (Phi) is 7.89. The molecule has 0 spiro atoms. The number of carbonyl (C=O) groups is 3. The van der Waals surface area contributed by atoms with E-state index in [4.69, 9.17) is 30.5 Å². The average molecular weight is 494 g/mol. The zero-order valence-electron chi connectivity index (χ0n) is 19.7. The van der Waals surface area contributed by atoms with Crippen LogP contribution in [0.2, 0.25) is 5.02 Å². The second kappa shape index (κ2) is 10.5. The molecule has 2 aliphatic rings. The van der Waals surface area contributed by atoms with Crippen LogP contribution in [-0.4, -0.2) is 57.4 Å². The van der Waals surface area contributed by atoms with Crippen molar-refractivity contribution >= 4 is 29.3 Å². The van der Waals surface area contributed by atoms with Crippen molar-refractivity contribution in [1.82, 2.24) is 5.32 Å². The van der Waals surface area contributed by atoms with E-state index in [1.165, 1.54) is 33.5 Å². The fourth-order valence-corrected chi connectivity index (χ4v) is 4.72. The van der Waals surface area contributed by atoms with Gasteiger partial charge in [-0.2, -0.15) is 0 Å². The quantitative estimate of drug-likeness (QED) is 0.335. The highest BCUT2D eigenvalue weighted by Crippen LogP contribution is 2.48. The Bertz CT molecular complexity index is 1080. The molecule has 0 bridgehead atoms. The molecule has 0 saturated carbocycles. The Balaban J connectivity index is 2.21. The van der Waals surface area contributed by atoms with Gasteiger partial charge >= 0.3 is 11.9 Å². The van der Waals surface area contributed by atoms with Crippen LogP contribution >= 0.6 is 11.6 Å². The van der Waals surface area contributed by atoms with Gasteiger partial charge in [-0.15, -0.1) is 0 Å². The van der Waals surface area contributed by atoms with Gasteiger partial charge in [0.2, 0.25) is 0 Å². The summed E-state index contributed by atoms with van der Waals surface area (Å²) in [5.41, 5.74) is 1.98. The maximum absolute atomic E-state index is 13.7. The van der Waals surface area contributed by atoms with E-state index in [0.29, 0.717) is 23.4 Å². The van der Waals surface area contributed by atoms with Gasteiger partial charge < -0.3 is 29.4 Å². The van der Waals surface area contributed by atoms with E-state index in [9.17, 15) is 19.5 Å². The molecule has 3 atom stereocenters. The Morgan fingerprint density at radius 2 is 1.91 bits per heavy atom. The van der Waals surface area contributed by atoms with Crippen molar-refractivity contribution in [1.29, 1.82) is 0 Å². The Hall–Kier alpha value is -3.04. The fourth-order valence-electron chi connectivity index (χ4n) is 4.50. The minimum absolute atomic E-state index is 0.0130. The molecule has 1 aromatic carbocycles. The number of rotatable bonds is 7. The summed E-state index contributed by atoms with van der Waals surface area (Å²) in [5.74, 6) is -4.17. The molecule has 1 aliphatic heterocycles. The molecule has 0 unspecified atom stereocenters. The van der Waals surface area contributed by atoms with Gasteiger partial charge in [-0.3, -0.25) is 9.59 Å². The van der Waals surface area contributed by atoms with Gasteiger partial charge in [0.15, 0.2) is 17.3 Å². The maximum atomic E-state index is 13.7. The summed E-state index contributed by atoms with van der Waals surface area (Å²) < 4.78 is 20.5. The molecular weight excluding hydrogens is 466 g/mol. The van der Waals surface area contributed by atoms with Crippen LogP contribution in [0.4, 0.5) is 0 Å². The lowest BCUT2D eigenvalue weighted by Crippen LogP contribution is -2.43. The summed E-state index contributed by atoms with van der Waals surface area (Å²) in [5, 5.41) is 13.4. The average Bonchev–Trinajstić information content (AvgIpc) is 2.79.